The molecule has 0 heterocycles. The van der Waals surface area contributed by atoms with Crippen LogP contribution in [-0.2, 0) is 4.79 Å². The Hall–Kier alpha value is -3.02. The van der Waals surface area contributed by atoms with Crippen LogP contribution in [0.1, 0.15) is 49.7 Å². The number of benzene rings is 2. The summed E-state index contributed by atoms with van der Waals surface area (Å²) in [6, 6.07) is 12.1. The number of carbonyl (C=O) groups is 2. The van der Waals surface area contributed by atoms with Crippen LogP contribution >= 0.6 is 0 Å². The van der Waals surface area contributed by atoms with Crippen molar-refractivity contribution in [1.82, 2.24) is 5.32 Å². The molecule has 0 aliphatic rings. The number of amides is 2. The molecule has 28 heavy (non-hydrogen) atoms. The fourth-order valence-corrected chi connectivity index (χ4v) is 2.59. The Morgan fingerprint density at radius 2 is 1.71 bits per heavy atom. The Bertz CT molecular complexity index is 856. The van der Waals surface area contributed by atoms with Gasteiger partial charge in [0.15, 0.2) is 0 Å². The van der Waals surface area contributed by atoms with Crippen LogP contribution < -0.4 is 20.1 Å². The van der Waals surface area contributed by atoms with E-state index in [4.69, 9.17) is 9.47 Å². The zero-order chi connectivity index (χ0) is 20.9. The summed E-state index contributed by atoms with van der Waals surface area (Å²) in [6.45, 7) is 7.39. The van der Waals surface area contributed by atoms with Gasteiger partial charge in [0.25, 0.3) is 5.91 Å². The van der Waals surface area contributed by atoms with Gasteiger partial charge in [0, 0.05) is 28.3 Å². The molecule has 2 rings (SSSR count). The van der Waals surface area contributed by atoms with Crippen molar-refractivity contribution in [1.29, 1.82) is 0 Å². The molecule has 0 saturated heterocycles. The molecule has 0 radical (unpaired) electrons. The molecule has 0 fully saturated rings. The Balaban J connectivity index is 2.15. The first-order valence-corrected chi connectivity index (χ1v) is 9.10. The molecular weight excluding hydrogens is 356 g/mol. The fourth-order valence-electron chi connectivity index (χ4n) is 2.59. The molecule has 6 heteroatoms. The van der Waals surface area contributed by atoms with Gasteiger partial charge in [-0.1, -0.05) is 26.8 Å². The Morgan fingerprint density at radius 1 is 1.00 bits per heavy atom. The lowest BCUT2D eigenvalue weighted by molar-refractivity contribution is -0.123. The summed E-state index contributed by atoms with van der Waals surface area (Å²) in [5, 5.41) is 5.80. The topological polar surface area (TPSA) is 76.7 Å². The van der Waals surface area contributed by atoms with E-state index in [0.29, 0.717) is 22.7 Å². The normalized spacial score (nSPS) is 12.1. The van der Waals surface area contributed by atoms with Crippen LogP contribution in [0, 0.1) is 5.41 Å². The van der Waals surface area contributed by atoms with Crippen LogP contribution in [0.3, 0.4) is 0 Å². The van der Waals surface area contributed by atoms with Gasteiger partial charge in [0.05, 0.1) is 20.3 Å². The lowest BCUT2D eigenvalue weighted by Crippen LogP contribution is -2.28. The Morgan fingerprint density at radius 3 is 2.32 bits per heavy atom. The molecule has 2 amide bonds. The molecule has 0 aliphatic carbocycles. The van der Waals surface area contributed by atoms with Crippen molar-refractivity contribution in [3.05, 3.63) is 53.6 Å². The zero-order valence-electron chi connectivity index (χ0n) is 17.3. The largest absolute Gasteiger partial charge is 0.497 e. The van der Waals surface area contributed by atoms with Gasteiger partial charge in [0.1, 0.15) is 11.5 Å². The number of rotatable bonds is 6. The van der Waals surface area contributed by atoms with Crippen molar-refractivity contribution in [2.75, 3.05) is 19.5 Å². The van der Waals surface area contributed by atoms with Gasteiger partial charge in [-0.25, -0.2) is 0 Å². The van der Waals surface area contributed by atoms with Crippen LogP contribution in [0.15, 0.2) is 42.5 Å². The summed E-state index contributed by atoms with van der Waals surface area (Å²) >= 11 is 0. The van der Waals surface area contributed by atoms with Gasteiger partial charge in [-0.05, 0) is 37.3 Å². The molecule has 1 unspecified atom stereocenters. The molecule has 6 nitrogen and oxygen atoms in total. The second-order valence-electron chi connectivity index (χ2n) is 7.59. The van der Waals surface area contributed by atoms with E-state index in [9.17, 15) is 9.59 Å². The van der Waals surface area contributed by atoms with Crippen molar-refractivity contribution in [2.24, 2.45) is 5.41 Å². The minimum atomic E-state index is -0.516. The van der Waals surface area contributed by atoms with E-state index in [2.05, 4.69) is 10.6 Å². The van der Waals surface area contributed by atoms with Gasteiger partial charge < -0.3 is 20.1 Å². The average Bonchev–Trinajstić information content (AvgIpc) is 2.66. The number of hydrogen-bond donors (Lipinski definition) is 2. The molecule has 1 atom stereocenters. The first-order valence-electron chi connectivity index (χ1n) is 9.10. The second-order valence-corrected chi connectivity index (χ2v) is 7.59. The maximum absolute atomic E-state index is 12.7. The molecule has 2 N–H and O–H groups in total. The van der Waals surface area contributed by atoms with E-state index < -0.39 is 5.41 Å². The predicted octanol–water partition coefficient (Wildman–Crippen LogP) is 4.18. The van der Waals surface area contributed by atoms with E-state index in [1.807, 2.05) is 39.8 Å². The highest BCUT2D eigenvalue weighted by Crippen LogP contribution is 2.29. The second kappa shape index (κ2) is 8.78. The average molecular weight is 384 g/mol. The van der Waals surface area contributed by atoms with Crippen LogP contribution in [0.4, 0.5) is 5.69 Å². The molecule has 0 spiro atoms. The number of carbonyl (C=O) groups excluding carboxylic acids is 2. The Labute approximate surface area is 166 Å². The first kappa shape index (κ1) is 21.3. The summed E-state index contributed by atoms with van der Waals surface area (Å²) in [6.07, 6.45) is 0. The van der Waals surface area contributed by atoms with Gasteiger partial charge in [-0.15, -0.1) is 0 Å². The maximum Gasteiger partial charge on any atom is 0.251 e. The molecule has 0 saturated carbocycles. The predicted molar refractivity (Wildman–Crippen MR) is 110 cm³/mol. The molecular formula is C22H28N2O4. The minimum Gasteiger partial charge on any atom is -0.497 e. The number of anilines is 1. The lowest BCUT2D eigenvalue weighted by atomic mass is 9.95. The van der Waals surface area contributed by atoms with Gasteiger partial charge in [-0.2, -0.15) is 0 Å². The zero-order valence-corrected chi connectivity index (χ0v) is 17.3. The van der Waals surface area contributed by atoms with E-state index in [1.165, 1.54) is 0 Å². The highest BCUT2D eigenvalue weighted by molar-refractivity contribution is 5.98. The third kappa shape index (κ3) is 5.25. The van der Waals surface area contributed by atoms with E-state index >= 15 is 0 Å². The van der Waals surface area contributed by atoms with Crippen LogP contribution in [-0.4, -0.2) is 26.0 Å². The molecule has 0 bridgehead atoms. The molecule has 0 aromatic heterocycles. The van der Waals surface area contributed by atoms with Crippen molar-refractivity contribution in [3.63, 3.8) is 0 Å². The lowest BCUT2D eigenvalue weighted by Gasteiger charge is -2.19. The summed E-state index contributed by atoms with van der Waals surface area (Å²) < 4.78 is 10.6. The monoisotopic (exact) mass is 384 g/mol. The summed E-state index contributed by atoms with van der Waals surface area (Å²) in [5.41, 5.74) is 1.37. The summed E-state index contributed by atoms with van der Waals surface area (Å²) in [4.78, 5) is 24.9. The molecule has 150 valence electrons. The van der Waals surface area contributed by atoms with Crippen LogP contribution in [0.5, 0.6) is 11.5 Å². The van der Waals surface area contributed by atoms with Gasteiger partial charge in [-0.3, -0.25) is 9.59 Å². The standard InChI is InChI=1S/C22H28N2O4/c1-14(18-11-10-17(27-5)13-19(18)28-6)23-20(25)15-8-7-9-16(12-15)24-21(26)22(2,3)4/h7-14H,1-6H3,(H,23,25)(H,24,26). The fraction of sp³-hybridized carbons (Fsp3) is 0.364. The van der Waals surface area contributed by atoms with Gasteiger partial charge in [0.2, 0.25) is 5.91 Å². The molecule has 0 aliphatic heterocycles. The van der Waals surface area contributed by atoms with Crippen molar-refractivity contribution < 1.29 is 19.1 Å². The highest BCUT2D eigenvalue weighted by atomic mass is 16.5. The molecule has 2 aromatic rings. The maximum atomic E-state index is 12.7. The first-order chi connectivity index (χ1) is 13.2. The minimum absolute atomic E-state index is 0.110. The Kier molecular flexibility index (Phi) is 6.67. The quantitative estimate of drug-likeness (QED) is 0.783. The van der Waals surface area contributed by atoms with Crippen molar-refractivity contribution >= 4 is 17.5 Å². The third-order valence-corrected chi connectivity index (χ3v) is 4.32. The van der Waals surface area contributed by atoms with E-state index in [1.54, 1.807) is 44.6 Å². The summed E-state index contributed by atoms with van der Waals surface area (Å²) in [7, 11) is 3.17. The third-order valence-electron chi connectivity index (χ3n) is 4.32. The number of nitrogens with one attached hydrogen (secondary N) is 2. The van der Waals surface area contributed by atoms with Crippen LogP contribution in [0.25, 0.3) is 0 Å². The molecule has 2 aromatic carbocycles. The number of hydrogen-bond acceptors (Lipinski definition) is 4. The van der Waals surface area contributed by atoms with Crippen molar-refractivity contribution in [2.45, 2.75) is 33.7 Å². The summed E-state index contributed by atoms with van der Waals surface area (Å²) in [5.74, 6) is 0.971. The smallest absolute Gasteiger partial charge is 0.251 e. The van der Waals surface area contributed by atoms with E-state index in [-0.39, 0.29) is 17.9 Å². The van der Waals surface area contributed by atoms with Gasteiger partial charge >= 0.3 is 0 Å². The van der Waals surface area contributed by atoms with E-state index in [0.717, 1.165) is 5.56 Å². The SMILES string of the molecule is COc1ccc(C(C)NC(=O)c2cccc(NC(=O)C(C)(C)C)c2)c(OC)c1. The number of methoxy groups -OCH3 is 2. The highest BCUT2D eigenvalue weighted by Gasteiger charge is 2.22. The van der Waals surface area contributed by atoms with Crippen LogP contribution in [0.2, 0.25) is 0 Å². The number of ether oxygens (including phenoxy) is 2. The van der Waals surface area contributed by atoms with Crippen molar-refractivity contribution in [3.8, 4) is 11.5 Å².